The smallest absolute Gasteiger partial charge is 0.871 e. The summed E-state index contributed by atoms with van der Waals surface area (Å²) in [6.07, 6.45) is 0. The van der Waals surface area contributed by atoms with E-state index in [1.54, 1.807) is 57.5 Å². The van der Waals surface area contributed by atoms with Gasteiger partial charge in [-0.1, -0.05) is 313 Å². The van der Waals surface area contributed by atoms with Gasteiger partial charge in [0.1, 0.15) is 30.9 Å². The van der Waals surface area contributed by atoms with Crippen LogP contribution in [-0.4, -0.2) is 45.3 Å². The number of aromatic amines is 2. The van der Waals surface area contributed by atoms with Crippen molar-refractivity contribution in [3.63, 3.8) is 0 Å². The van der Waals surface area contributed by atoms with Crippen molar-refractivity contribution in [1.29, 1.82) is 0 Å². The fourth-order valence-corrected chi connectivity index (χ4v) is 19.4. The number of phenols is 2. The van der Waals surface area contributed by atoms with Crippen molar-refractivity contribution < 1.29 is 49.9 Å². The Hall–Kier alpha value is -13.4. The quantitative estimate of drug-likeness (QED) is 0.147. The van der Waals surface area contributed by atoms with Crippen LogP contribution in [0, 0.1) is 0 Å². The molecule has 5 heterocycles. The minimum atomic E-state index is -0.410. The first-order chi connectivity index (χ1) is 56.7. The van der Waals surface area contributed by atoms with Gasteiger partial charge in [-0.05, 0) is 145 Å². The maximum absolute atomic E-state index is 12.6. The molecule has 2 aliphatic rings. The van der Waals surface area contributed by atoms with Crippen LogP contribution in [0.4, 0.5) is 0 Å². The van der Waals surface area contributed by atoms with Crippen molar-refractivity contribution in [1.82, 2.24) is 24.9 Å². The number of rotatable bonds is 7. The third-order valence-electron chi connectivity index (χ3n) is 20.8. The maximum atomic E-state index is 12.6. The largest absolute Gasteiger partial charge is 2.00 e. The number of nitrogens with zero attached hydrogens (tertiary/aromatic N) is 5. The monoisotopic (exact) mass is 1630 g/mol. The summed E-state index contributed by atoms with van der Waals surface area (Å²) in [5, 5.41) is 51.8. The zero-order valence-electron chi connectivity index (χ0n) is 62.7. The molecule has 0 atom stereocenters. The van der Waals surface area contributed by atoms with E-state index in [2.05, 4.69) is 147 Å². The summed E-state index contributed by atoms with van der Waals surface area (Å²) >= 11 is 6.42. The summed E-state index contributed by atoms with van der Waals surface area (Å²) in [7, 11) is 0. The summed E-state index contributed by atoms with van der Waals surface area (Å²) in [5.74, 6) is 2.74. The molecule has 0 saturated carbocycles. The van der Waals surface area contributed by atoms with Gasteiger partial charge in [0.25, 0.3) is 10.0 Å². The third kappa shape index (κ3) is 14.6. The molecule has 1 spiro atoms. The molecule has 0 amide bonds. The van der Waals surface area contributed by atoms with Gasteiger partial charge in [0.2, 0.25) is 11.0 Å². The van der Waals surface area contributed by atoms with Gasteiger partial charge in [-0.25, -0.2) is 24.9 Å². The number of benzene rings is 16. The average molecular weight is 1630 g/mol. The van der Waals surface area contributed by atoms with Crippen LogP contribution in [0.25, 0.3) is 161 Å². The number of H-pyrrole nitrogens is 2. The van der Waals surface area contributed by atoms with Crippen molar-refractivity contribution in [2.45, 2.75) is 5.41 Å². The van der Waals surface area contributed by atoms with Gasteiger partial charge >= 0.3 is 10.1 Å². The first-order valence-corrected chi connectivity index (χ1v) is 40.7. The number of aromatic hydroxyl groups is 2. The fraction of sp³-hybridized carbons (Fsp3) is 0.0100. The number of para-hydroxylation sites is 6. The van der Waals surface area contributed by atoms with E-state index in [0.717, 1.165) is 121 Å². The fourth-order valence-electron chi connectivity index (χ4n) is 15.4. The van der Waals surface area contributed by atoms with Crippen LogP contribution in [0.5, 0.6) is 23.0 Å². The van der Waals surface area contributed by atoms with Crippen LogP contribution in [0.1, 0.15) is 22.3 Å². The Morgan fingerprint density at radius 3 is 1.03 bits per heavy atom. The molecule has 0 radical (unpaired) electrons. The molecule has 17 heteroatoms. The van der Waals surface area contributed by atoms with Crippen molar-refractivity contribution in [3.8, 4) is 122 Å². The topological polar surface area (TPSA) is 179 Å². The van der Waals surface area contributed by atoms with Crippen LogP contribution in [0.15, 0.2) is 370 Å². The van der Waals surface area contributed by atoms with Gasteiger partial charge < -0.3 is 20.4 Å². The predicted molar refractivity (Wildman–Crippen MR) is 473 cm³/mol. The van der Waals surface area contributed by atoms with Crippen molar-refractivity contribution in [3.05, 3.63) is 392 Å². The molecular formula is C100H65BeN7O4S4Zn+2. The molecule has 5 aromatic heterocycles. The van der Waals surface area contributed by atoms with E-state index in [1.165, 1.54) is 44.5 Å². The Kier molecular flexibility index (Phi) is 21.6. The van der Waals surface area contributed by atoms with E-state index >= 15 is 0 Å². The van der Waals surface area contributed by atoms with Gasteiger partial charge in [0.05, 0.1) is 48.1 Å². The molecule has 11 nitrogen and oxygen atoms in total. The number of nitrogens with one attached hydrogen (secondary N) is 2. The van der Waals surface area contributed by atoms with E-state index in [1.807, 2.05) is 231 Å². The Morgan fingerprint density at radius 1 is 0.274 bits per heavy atom. The number of thiazole rings is 4. The Balaban J connectivity index is 0.000000112. The van der Waals surface area contributed by atoms with E-state index in [-0.39, 0.29) is 52.6 Å². The second-order valence-corrected chi connectivity index (χ2v) is 31.8. The molecule has 0 fully saturated rings. The molecule has 4 N–H and O–H groups in total. The second kappa shape index (κ2) is 33.2. The predicted octanol–water partition coefficient (Wildman–Crippen LogP) is 23.4. The van der Waals surface area contributed by atoms with Crippen LogP contribution in [0.2, 0.25) is 0 Å². The van der Waals surface area contributed by atoms with Crippen molar-refractivity contribution in [2.75, 3.05) is 0 Å². The molecule has 23 rings (SSSR count). The first-order valence-electron chi connectivity index (χ1n) is 37.5. The van der Waals surface area contributed by atoms with Gasteiger partial charge in [-0.3, -0.25) is 0 Å². The number of phenolic OH excluding ortho intramolecular Hbond substituents is 2. The maximum Gasteiger partial charge on any atom is 2.00 e. The number of fused-ring (bicyclic) bond motifs is 16. The first kappa shape index (κ1) is 76.2. The minimum absolute atomic E-state index is 0. The molecule has 0 saturated heterocycles. The normalized spacial score (nSPS) is 11.7. The standard InChI is InChI=1S/C40H25N3.2C17H11NOS.2C13H9NOS.Be.Zn/c1-3-13-26(14-4-1)37-41-38(27-15-5-2-6-16-27)43-39(42-37)28-23-24-32-31-19-9-12-22-35(31)40(36(32)25-28)33-20-10-7-17-29(33)30-18-8-11-21-34(30)40;2*19-16-12-6-2-1-5-11(12)9-10-13(16)17-18-14-7-3-4-8-15(14)20-17;2*15-11-7-3-1-5-9(11)13-14-10-6-2-4-8-12(10)16-13;;/h1-25H;2*1-10,19H;2*1-8,15H;;/q;;;;;+2;. The second-order valence-electron chi connectivity index (χ2n) is 27.6. The van der Waals surface area contributed by atoms with Crippen molar-refractivity contribution in [2.24, 2.45) is 0 Å². The molecular weight excluding hydrogens is 1570 g/mol. The van der Waals surface area contributed by atoms with Crippen LogP contribution >= 0.6 is 45.3 Å². The summed E-state index contributed by atoms with van der Waals surface area (Å²) in [5.41, 5.74) is 20.0. The Bertz CT molecular complexity index is 6720. The summed E-state index contributed by atoms with van der Waals surface area (Å²) in [6.45, 7) is 0. The Labute approximate surface area is 706 Å². The van der Waals surface area contributed by atoms with E-state index in [4.69, 9.17) is 15.0 Å². The molecule has 2 aliphatic carbocycles. The molecule has 21 aromatic rings. The minimum Gasteiger partial charge on any atom is -0.871 e. The molecule has 16 aromatic carbocycles. The summed E-state index contributed by atoms with van der Waals surface area (Å²) in [4.78, 5) is 30.7. The summed E-state index contributed by atoms with van der Waals surface area (Å²) in [6, 6.07) is 124. The van der Waals surface area contributed by atoms with Gasteiger partial charge in [0.15, 0.2) is 17.5 Å². The van der Waals surface area contributed by atoms with Crippen LogP contribution < -0.4 is 20.2 Å². The summed E-state index contributed by atoms with van der Waals surface area (Å²) < 4.78 is 4.60. The zero-order valence-corrected chi connectivity index (χ0v) is 68.9. The van der Waals surface area contributed by atoms with E-state index in [9.17, 15) is 20.4 Å². The van der Waals surface area contributed by atoms with E-state index < -0.39 is 5.41 Å². The molecule has 550 valence electrons. The SMILES string of the molecule is Oc1ccccc1-c1nc2ccccc2s1.Oc1ccccc1-c1nc2ccccc2s1.[Be+2].[O-]c1c(-c2[nH+]c3ccccc3s2)ccc2ccccc12.[O-]c1c(-c2[nH+]c3ccccc3s2)ccc2ccccc12.[Zn].c1ccc(-c2nc(-c3ccccc3)nc(-c3ccc4c(c3)C3(c5ccccc5-c5ccccc53)c3ccccc3-4)n2)cc1. The zero-order chi connectivity index (χ0) is 77.4. The number of hydrogen-bond donors (Lipinski definition) is 2. The third-order valence-corrected chi connectivity index (χ3v) is 25.1. The van der Waals surface area contributed by atoms with Crippen LogP contribution in [-0.2, 0) is 24.9 Å². The van der Waals surface area contributed by atoms with Crippen molar-refractivity contribution >= 4 is 118 Å². The number of hydrogen-bond acceptors (Lipinski definition) is 13. The molecule has 0 bridgehead atoms. The van der Waals surface area contributed by atoms with Gasteiger partial charge in [0, 0.05) is 48.3 Å². The molecule has 0 unspecified atom stereocenters. The van der Waals surface area contributed by atoms with Gasteiger partial charge in [-0.2, -0.15) is 9.97 Å². The van der Waals surface area contributed by atoms with Crippen LogP contribution in [0.3, 0.4) is 0 Å². The van der Waals surface area contributed by atoms with E-state index in [0.29, 0.717) is 17.5 Å². The number of aromatic nitrogens is 7. The van der Waals surface area contributed by atoms with Gasteiger partial charge in [-0.15, -0.1) is 22.7 Å². The average Bonchev–Trinajstić information content (AvgIpc) is 1.51. The Morgan fingerprint density at radius 2 is 0.607 bits per heavy atom. The molecule has 0 aliphatic heterocycles. The molecule has 117 heavy (non-hydrogen) atoms.